The van der Waals surface area contributed by atoms with Crippen LogP contribution in [0.4, 0.5) is 5.69 Å². The predicted molar refractivity (Wildman–Crippen MR) is 77.6 cm³/mol. The van der Waals surface area contributed by atoms with Gasteiger partial charge in [0.15, 0.2) is 0 Å². The Morgan fingerprint density at radius 2 is 2.00 bits per heavy atom. The second-order valence-corrected chi connectivity index (χ2v) is 5.89. The molecule has 1 fully saturated rings. The first-order valence-electron chi connectivity index (χ1n) is 6.70. The number of nitrogens with one attached hydrogen (secondary N) is 1. The van der Waals surface area contributed by atoms with Gasteiger partial charge in [-0.25, -0.2) is 0 Å². The highest BCUT2D eigenvalue weighted by Gasteiger charge is 2.24. The molecular formula is C15H22ClNO. The Hall–Kier alpha value is -0.890. The third kappa shape index (κ3) is 3.11. The van der Waals surface area contributed by atoms with Gasteiger partial charge in [-0.05, 0) is 49.3 Å². The van der Waals surface area contributed by atoms with Gasteiger partial charge in [0.25, 0.3) is 0 Å². The Kier molecular flexibility index (Phi) is 4.39. The van der Waals surface area contributed by atoms with Crippen molar-refractivity contribution in [2.45, 2.75) is 39.2 Å². The summed E-state index contributed by atoms with van der Waals surface area (Å²) in [4.78, 5) is 0. The normalized spacial score (nSPS) is 27.9. The van der Waals surface area contributed by atoms with E-state index in [0.29, 0.717) is 6.04 Å². The molecule has 0 bridgehead atoms. The van der Waals surface area contributed by atoms with Crippen LogP contribution in [0.25, 0.3) is 0 Å². The van der Waals surface area contributed by atoms with Crippen LogP contribution in [-0.2, 0) is 0 Å². The van der Waals surface area contributed by atoms with E-state index in [1.54, 1.807) is 7.11 Å². The van der Waals surface area contributed by atoms with Gasteiger partial charge in [0.05, 0.1) is 12.8 Å². The van der Waals surface area contributed by atoms with Gasteiger partial charge >= 0.3 is 0 Å². The Labute approximate surface area is 115 Å². The summed E-state index contributed by atoms with van der Waals surface area (Å²) in [7, 11) is 1.69. The number of rotatable bonds is 3. The highest BCUT2D eigenvalue weighted by molar-refractivity contribution is 6.30. The molecule has 3 unspecified atom stereocenters. The topological polar surface area (TPSA) is 21.3 Å². The predicted octanol–water partition coefficient (Wildman–Crippen LogP) is 4.59. The Morgan fingerprint density at radius 1 is 1.22 bits per heavy atom. The highest BCUT2D eigenvalue weighted by Crippen LogP contribution is 2.34. The third-order valence-corrected chi connectivity index (χ3v) is 4.35. The van der Waals surface area contributed by atoms with E-state index in [1.807, 2.05) is 18.2 Å². The summed E-state index contributed by atoms with van der Waals surface area (Å²) in [6, 6.07) is 6.25. The first-order chi connectivity index (χ1) is 8.60. The minimum absolute atomic E-state index is 0.531. The zero-order valence-electron chi connectivity index (χ0n) is 11.4. The monoisotopic (exact) mass is 267 g/mol. The van der Waals surface area contributed by atoms with Crippen LogP contribution in [0.1, 0.15) is 33.1 Å². The van der Waals surface area contributed by atoms with Gasteiger partial charge in [0.2, 0.25) is 0 Å². The fourth-order valence-corrected chi connectivity index (χ4v) is 2.86. The van der Waals surface area contributed by atoms with Gasteiger partial charge in [-0.3, -0.25) is 0 Å². The van der Waals surface area contributed by atoms with Crippen LogP contribution in [0.15, 0.2) is 18.2 Å². The second-order valence-electron chi connectivity index (χ2n) is 5.45. The largest absolute Gasteiger partial charge is 0.495 e. The molecule has 0 aromatic heterocycles. The molecule has 0 heterocycles. The minimum atomic E-state index is 0.531. The van der Waals surface area contributed by atoms with Crippen molar-refractivity contribution < 1.29 is 4.74 Å². The summed E-state index contributed by atoms with van der Waals surface area (Å²) in [6.07, 6.45) is 3.74. The fraction of sp³-hybridized carbons (Fsp3) is 0.600. The zero-order valence-corrected chi connectivity index (χ0v) is 12.1. The molecule has 0 saturated heterocycles. The van der Waals surface area contributed by atoms with Gasteiger partial charge < -0.3 is 10.1 Å². The number of ether oxygens (including phenoxy) is 1. The van der Waals surface area contributed by atoms with E-state index in [4.69, 9.17) is 16.3 Å². The Balaban J connectivity index is 2.07. The average Bonchev–Trinajstić information content (AvgIpc) is 2.34. The van der Waals surface area contributed by atoms with Crippen molar-refractivity contribution in [3.63, 3.8) is 0 Å². The summed E-state index contributed by atoms with van der Waals surface area (Å²) in [6.45, 7) is 4.69. The van der Waals surface area contributed by atoms with E-state index in [2.05, 4.69) is 19.2 Å². The maximum atomic E-state index is 6.05. The van der Waals surface area contributed by atoms with Crippen molar-refractivity contribution in [1.82, 2.24) is 0 Å². The van der Waals surface area contributed by atoms with Crippen molar-refractivity contribution in [1.29, 1.82) is 0 Å². The number of halogens is 1. The number of methoxy groups -OCH3 is 1. The van der Waals surface area contributed by atoms with Crippen molar-refractivity contribution in [2.24, 2.45) is 11.8 Å². The number of benzene rings is 1. The van der Waals surface area contributed by atoms with E-state index in [-0.39, 0.29) is 0 Å². The van der Waals surface area contributed by atoms with Crippen LogP contribution in [0, 0.1) is 11.8 Å². The van der Waals surface area contributed by atoms with Crippen molar-refractivity contribution in [2.75, 3.05) is 12.4 Å². The lowest BCUT2D eigenvalue weighted by atomic mass is 9.79. The van der Waals surface area contributed by atoms with Crippen LogP contribution >= 0.6 is 11.6 Å². The van der Waals surface area contributed by atoms with Crippen LogP contribution in [0.3, 0.4) is 0 Å². The summed E-state index contributed by atoms with van der Waals surface area (Å²) in [5.74, 6) is 2.48. The smallest absolute Gasteiger partial charge is 0.142 e. The van der Waals surface area contributed by atoms with Gasteiger partial charge in [-0.2, -0.15) is 0 Å². The SMILES string of the molecule is COc1ccc(Cl)cc1NC1CCC(C)C(C)C1. The quantitative estimate of drug-likeness (QED) is 0.865. The standard InChI is InChI=1S/C15H22ClNO/c1-10-4-6-13(8-11(10)2)17-14-9-12(16)5-7-15(14)18-3/h5,7,9-11,13,17H,4,6,8H2,1-3H3. The zero-order chi connectivity index (χ0) is 13.1. The van der Waals surface area contributed by atoms with Gasteiger partial charge in [-0.15, -0.1) is 0 Å². The fourth-order valence-electron chi connectivity index (χ4n) is 2.69. The molecule has 2 rings (SSSR count). The molecule has 0 amide bonds. The second kappa shape index (κ2) is 5.83. The summed E-state index contributed by atoms with van der Waals surface area (Å²) in [5.41, 5.74) is 1.01. The number of anilines is 1. The maximum Gasteiger partial charge on any atom is 0.142 e. The van der Waals surface area contributed by atoms with Crippen molar-refractivity contribution >= 4 is 17.3 Å². The van der Waals surface area contributed by atoms with E-state index in [9.17, 15) is 0 Å². The highest BCUT2D eigenvalue weighted by atomic mass is 35.5. The van der Waals surface area contributed by atoms with E-state index < -0.39 is 0 Å². The minimum Gasteiger partial charge on any atom is -0.495 e. The van der Waals surface area contributed by atoms with Crippen LogP contribution < -0.4 is 10.1 Å². The summed E-state index contributed by atoms with van der Waals surface area (Å²) in [5, 5.41) is 4.33. The summed E-state index contributed by atoms with van der Waals surface area (Å²) >= 11 is 6.05. The Bertz CT molecular complexity index is 407. The molecule has 3 heteroatoms. The van der Waals surface area contributed by atoms with E-state index >= 15 is 0 Å². The molecule has 1 aromatic rings. The molecule has 0 aliphatic heterocycles. The van der Waals surface area contributed by atoms with Crippen LogP contribution in [-0.4, -0.2) is 13.2 Å². The molecule has 3 atom stereocenters. The van der Waals surface area contributed by atoms with E-state index in [0.717, 1.165) is 28.3 Å². The molecule has 0 radical (unpaired) electrons. The molecule has 100 valence electrons. The van der Waals surface area contributed by atoms with Crippen LogP contribution in [0.2, 0.25) is 5.02 Å². The van der Waals surface area contributed by atoms with E-state index in [1.165, 1.54) is 19.3 Å². The third-order valence-electron chi connectivity index (χ3n) is 4.12. The van der Waals surface area contributed by atoms with Crippen molar-refractivity contribution in [3.8, 4) is 5.75 Å². The first kappa shape index (κ1) is 13.5. The molecule has 2 nitrogen and oxygen atoms in total. The number of hydrogen-bond acceptors (Lipinski definition) is 2. The molecule has 1 saturated carbocycles. The molecular weight excluding hydrogens is 246 g/mol. The lowest BCUT2D eigenvalue weighted by Crippen LogP contribution is -2.30. The molecule has 1 aliphatic rings. The lowest BCUT2D eigenvalue weighted by Gasteiger charge is -2.33. The summed E-state index contributed by atoms with van der Waals surface area (Å²) < 4.78 is 5.37. The van der Waals surface area contributed by atoms with Crippen molar-refractivity contribution in [3.05, 3.63) is 23.2 Å². The molecule has 1 N–H and O–H groups in total. The lowest BCUT2D eigenvalue weighted by molar-refractivity contribution is 0.260. The molecule has 1 aromatic carbocycles. The molecule has 1 aliphatic carbocycles. The van der Waals surface area contributed by atoms with Crippen LogP contribution in [0.5, 0.6) is 5.75 Å². The maximum absolute atomic E-state index is 6.05. The number of hydrogen-bond donors (Lipinski definition) is 1. The van der Waals surface area contributed by atoms with Gasteiger partial charge in [0, 0.05) is 11.1 Å². The molecule has 18 heavy (non-hydrogen) atoms. The Morgan fingerprint density at radius 3 is 2.67 bits per heavy atom. The van der Waals surface area contributed by atoms with Gasteiger partial charge in [-0.1, -0.05) is 25.4 Å². The first-order valence-corrected chi connectivity index (χ1v) is 7.08. The average molecular weight is 268 g/mol. The molecule has 0 spiro atoms. The van der Waals surface area contributed by atoms with Gasteiger partial charge in [0.1, 0.15) is 5.75 Å².